The van der Waals surface area contributed by atoms with Crippen LogP contribution in [0.15, 0.2) is 83.8 Å². The Kier molecular flexibility index (Phi) is 6.58. The normalized spacial score (nSPS) is 15.3. The van der Waals surface area contributed by atoms with Crippen molar-refractivity contribution in [1.29, 1.82) is 0 Å². The largest absolute Gasteiger partial charge is 0.497 e. The highest BCUT2D eigenvalue weighted by molar-refractivity contribution is 7.89. The Hall–Kier alpha value is -3.16. The zero-order valence-corrected chi connectivity index (χ0v) is 18.7. The van der Waals surface area contributed by atoms with Gasteiger partial charge in [-0.25, -0.2) is 8.42 Å². The lowest BCUT2D eigenvalue weighted by molar-refractivity contribution is 0.0943. The Labute approximate surface area is 188 Å². The van der Waals surface area contributed by atoms with E-state index in [9.17, 15) is 13.2 Å². The van der Waals surface area contributed by atoms with Gasteiger partial charge in [-0.3, -0.25) is 4.79 Å². The summed E-state index contributed by atoms with van der Waals surface area (Å²) in [6, 6.07) is 23.0. The summed E-state index contributed by atoms with van der Waals surface area (Å²) in [5, 5.41) is 3.08. The van der Waals surface area contributed by atoms with Crippen LogP contribution in [0, 0.1) is 0 Å². The number of rotatable bonds is 7. The molecule has 0 spiro atoms. The van der Waals surface area contributed by atoms with E-state index in [2.05, 4.69) is 5.32 Å². The van der Waals surface area contributed by atoms with Gasteiger partial charge in [-0.2, -0.15) is 4.31 Å². The molecule has 166 valence electrons. The molecule has 1 atom stereocenters. The Morgan fingerprint density at radius 3 is 2.06 bits per heavy atom. The number of nitrogens with one attached hydrogen (secondary N) is 1. The third-order valence-corrected chi connectivity index (χ3v) is 7.59. The molecular formula is C25H26N2O4S. The molecule has 0 radical (unpaired) electrons. The summed E-state index contributed by atoms with van der Waals surface area (Å²) in [6.07, 6.45) is 1.76. The van der Waals surface area contributed by atoms with Gasteiger partial charge >= 0.3 is 0 Å². The van der Waals surface area contributed by atoms with E-state index < -0.39 is 10.0 Å². The van der Waals surface area contributed by atoms with Crippen LogP contribution in [0.5, 0.6) is 5.75 Å². The van der Waals surface area contributed by atoms with E-state index in [1.54, 1.807) is 19.2 Å². The Balaban J connectivity index is 1.56. The third-order valence-electron chi connectivity index (χ3n) is 5.68. The lowest BCUT2D eigenvalue weighted by Crippen LogP contribution is -2.30. The first-order valence-electron chi connectivity index (χ1n) is 10.6. The minimum absolute atomic E-state index is 0.214. The van der Waals surface area contributed by atoms with Crippen molar-refractivity contribution in [2.24, 2.45) is 0 Å². The van der Waals surface area contributed by atoms with Crippen LogP contribution in [-0.4, -0.2) is 38.8 Å². The van der Waals surface area contributed by atoms with Crippen LogP contribution in [0.25, 0.3) is 0 Å². The minimum Gasteiger partial charge on any atom is -0.497 e. The number of ether oxygens (including phenoxy) is 1. The van der Waals surface area contributed by atoms with Gasteiger partial charge in [-0.05, 0) is 60.4 Å². The number of carbonyl (C=O) groups is 1. The molecule has 0 aromatic heterocycles. The van der Waals surface area contributed by atoms with Gasteiger partial charge in [-0.15, -0.1) is 0 Å². The van der Waals surface area contributed by atoms with Crippen molar-refractivity contribution in [3.05, 3.63) is 95.6 Å². The number of carbonyl (C=O) groups excluding carboxylic acids is 1. The second-order valence-corrected chi connectivity index (χ2v) is 9.66. The molecule has 4 rings (SSSR count). The van der Waals surface area contributed by atoms with Gasteiger partial charge in [0, 0.05) is 18.7 Å². The Morgan fingerprint density at radius 2 is 1.47 bits per heavy atom. The molecule has 0 saturated carbocycles. The van der Waals surface area contributed by atoms with Crippen LogP contribution >= 0.6 is 0 Å². The van der Waals surface area contributed by atoms with Gasteiger partial charge in [0.15, 0.2) is 0 Å². The minimum atomic E-state index is -3.51. The first kappa shape index (κ1) is 22.0. The lowest BCUT2D eigenvalue weighted by atomic mass is 9.98. The number of nitrogens with zero attached hydrogens (tertiary/aromatic N) is 1. The van der Waals surface area contributed by atoms with Gasteiger partial charge in [-0.1, -0.05) is 42.5 Å². The summed E-state index contributed by atoms with van der Waals surface area (Å²) in [7, 11) is -1.90. The first-order valence-corrected chi connectivity index (χ1v) is 12.0. The van der Waals surface area contributed by atoms with Crippen LogP contribution in [0.2, 0.25) is 0 Å². The van der Waals surface area contributed by atoms with E-state index in [4.69, 9.17) is 4.74 Å². The fraction of sp³-hybridized carbons (Fsp3) is 0.240. The van der Waals surface area contributed by atoms with Gasteiger partial charge in [0.05, 0.1) is 18.0 Å². The molecule has 1 N–H and O–H groups in total. The Bertz CT molecular complexity index is 1150. The predicted octanol–water partition coefficient (Wildman–Crippen LogP) is 4.00. The highest BCUT2D eigenvalue weighted by atomic mass is 32.2. The molecule has 7 heteroatoms. The summed E-state index contributed by atoms with van der Waals surface area (Å²) in [5.74, 6) is 0.460. The molecule has 3 aromatic rings. The van der Waals surface area contributed by atoms with Crippen LogP contribution in [0.4, 0.5) is 0 Å². The molecule has 0 bridgehead atoms. The average Bonchev–Trinajstić information content (AvgIpc) is 3.39. The van der Waals surface area contributed by atoms with E-state index in [1.165, 1.54) is 16.4 Å². The molecule has 1 aliphatic heterocycles. The van der Waals surface area contributed by atoms with Crippen LogP contribution < -0.4 is 10.1 Å². The van der Waals surface area contributed by atoms with Crippen molar-refractivity contribution >= 4 is 15.9 Å². The molecule has 1 fully saturated rings. The zero-order valence-electron chi connectivity index (χ0n) is 17.9. The number of hydrogen-bond donors (Lipinski definition) is 1. The maximum atomic E-state index is 13.0. The standard InChI is InChI=1S/C25H26N2O4S/c1-31-22-13-9-20(10-14-22)24(19-7-3-2-4-8-19)26-25(28)21-11-15-23(16-12-21)32(29,30)27-17-5-6-18-27/h2-4,7-16,24H,5-6,17-18H2,1H3,(H,26,28). The zero-order chi connectivity index (χ0) is 22.6. The number of methoxy groups -OCH3 is 1. The van der Waals surface area contributed by atoms with Crippen molar-refractivity contribution < 1.29 is 17.9 Å². The van der Waals surface area contributed by atoms with Crippen LogP contribution in [0.1, 0.15) is 40.4 Å². The first-order chi connectivity index (χ1) is 15.5. The van der Waals surface area contributed by atoms with Gasteiger partial charge in [0.2, 0.25) is 10.0 Å². The van der Waals surface area contributed by atoms with Crippen molar-refractivity contribution in [2.75, 3.05) is 20.2 Å². The molecule has 1 amide bonds. The van der Waals surface area contributed by atoms with E-state index >= 15 is 0 Å². The fourth-order valence-electron chi connectivity index (χ4n) is 3.87. The maximum absolute atomic E-state index is 13.0. The second-order valence-electron chi connectivity index (χ2n) is 7.73. The van der Waals surface area contributed by atoms with Crippen molar-refractivity contribution in [3.63, 3.8) is 0 Å². The van der Waals surface area contributed by atoms with Gasteiger partial charge in [0.25, 0.3) is 5.91 Å². The van der Waals surface area contributed by atoms with E-state index in [0.717, 1.165) is 29.7 Å². The van der Waals surface area contributed by atoms with E-state index in [-0.39, 0.29) is 16.8 Å². The summed E-state index contributed by atoms with van der Waals surface area (Å²) in [6.45, 7) is 1.09. The monoisotopic (exact) mass is 450 g/mol. The summed E-state index contributed by atoms with van der Waals surface area (Å²) in [5.41, 5.74) is 2.26. The second kappa shape index (κ2) is 9.54. The fourth-order valence-corrected chi connectivity index (χ4v) is 5.39. The summed E-state index contributed by atoms with van der Waals surface area (Å²) >= 11 is 0. The van der Waals surface area contributed by atoms with Crippen LogP contribution in [-0.2, 0) is 10.0 Å². The summed E-state index contributed by atoms with van der Waals surface area (Å²) in [4.78, 5) is 13.3. The number of hydrogen-bond acceptors (Lipinski definition) is 4. The highest BCUT2D eigenvalue weighted by Gasteiger charge is 2.27. The quantitative estimate of drug-likeness (QED) is 0.590. The highest BCUT2D eigenvalue weighted by Crippen LogP contribution is 2.25. The summed E-state index contributed by atoms with van der Waals surface area (Å²) < 4.78 is 32.2. The molecular weight excluding hydrogens is 424 g/mol. The number of amides is 1. The van der Waals surface area contributed by atoms with E-state index in [0.29, 0.717) is 18.7 Å². The Morgan fingerprint density at radius 1 is 0.875 bits per heavy atom. The molecule has 1 aliphatic rings. The predicted molar refractivity (Wildman–Crippen MR) is 123 cm³/mol. The number of benzene rings is 3. The molecule has 1 heterocycles. The van der Waals surface area contributed by atoms with Crippen molar-refractivity contribution in [2.45, 2.75) is 23.8 Å². The smallest absolute Gasteiger partial charge is 0.252 e. The average molecular weight is 451 g/mol. The lowest BCUT2D eigenvalue weighted by Gasteiger charge is -2.20. The van der Waals surface area contributed by atoms with Crippen molar-refractivity contribution in [1.82, 2.24) is 9.62 Å². The maximum Gasteiger partial charge on any atom is 0.252 e. The molecule has 3 aromatic carbocycles. The van der Waals surface area contributed by atoms with Crippen molar-refractivity contribution in [3.8, 4) is 5.75 Å². The molecule has 0 aliphatic carbocycles. The molecule has 6 nitrogen and oxygen atoms in total. The molecule has 32 heavy (non-hydrogen) atoms. The molecule has 1 unspecified atom stereocenters. The van der Waals surface area contributed by atoms with Gasteiger partial charge < -0.3 is 10.1 Å². The molecule has 1 saturated heterocycles. The van der Waals surface area contributed by atoms with E-state index in [1.807, 2.05) is 54.6 Å². The SMILES string of the molecule is COc1ccc(C(NC(=O)c2ccc(S(=O)(=O)N3CCCC3)cc2)c2ccccc2)cc1. The van der Waals surface area contributed by atoms with Gasteiger partial charge in [0.1, 0.15) is 5.75 Å². The topological polar surface area (TPSA) is 75.7 Å². The third kappa shape index (κ3) is 4.69. The number of sulfonamides is 1. The van der Waals surface area contributed by atoms with Crippen LogP contribution in [0.3, 0.4) is 0 Å².